The lowest BCUT2D eigenvalue weighted by Gasteiger charge is -2.04. The number of nitrogens with zero attached hydrogens (tertiary/aromatic N) is 3. The average molecular weight is 280 g/mol. The maximum absolute atomic E-state index is 11.9. The molecule has 4 N–H and O–H groups in total. The third-order valence-electron chi connectivity index (χ3n) is 2.46. The van der Waals surface area contributed by atoms with Crippen molar-refractivity contribution in [3.63, 3.8) is 0 Å². The fraction of sp³-hybridized carbons (Fsp3) is 0.364. The Morgan fingerprint density at radius 2 is 2.37 bits per heavy atom. The van der Waals surface area contributed by atoms with Gasteiger partial charge in [0.2, 0.25) is 0 Å². The molecule has 2 heterocycles. The average Bonchev–Trinajstić information content (AvgIpc) is 2.95. The predicted octanol–water partition coefficient (Wildman–Crippen LogP) is 0.702. The Labute approximate surface area is 114 Å². The first-order valence-electron chi connectivity index (χ1n) is 5.81. The molecule has 0 aromatic carbocycles. The van der Waals surface area contributed by atoms with E-state index in [0.29, 0.717) is 23.1 Å². The van der Waals surface area contributed by atoms with Crippen LogP contribution in [0, 0.1) is 6.92 Å². The standard InChI is InChI=1S/C11H16N6OS/c1-7-5-15-17(6-7)4-3-14-10(18)8-9(12)16-11(13-2)19-8/h5-6H,3-4,12H2,1-2H3,(H,13,16)(H,14,18). The van der Waals surface area contributed by atoms with Gasteiger partial charge in [0.1, 0.15) is 10.7 Å². The smallest absolute Gasteiger partial charge is 0.265 e. The zero-order valence-corrected chi connectivity index (χ0v) is 11.6. The van der Waals surface area contributed by atoms with Crippen molar-refractivity contribution >= 4 is 28.2 Å². The molecule has 19 heavy (non-hydrogen) atoms. The molecule has 0 aliphatic rings. The van der Waals surface area contributed by atoms with Crippen molar-refractivity contribution in [3.8, 4) is 0 Å². The second-order valence-corrected chi connectivity index (χ2v) is 5.02. The molecule has 2 aromatic heterocycles. The molecule has 0 saturated carbocycles. The summed E-state index contributed by atoms with van der Waals surface area (Å²) in [6, 6.07) is 0. The summed E-state index contributed by atoms with van der Waals surface area (Å²) in [6.07, 6.45) is 3.70. The monoisotopic (exact) mass is 280 g/mol. The van der Waals surface area contributed by atoms with Gasteiger partial charge in [-0.05, 0) is 12.5 Å². The highest BCUT2D eigenvalue weighted by Gasteiger charge is 2.15. The lowest BCUT2D eigenvalue weighted by Crippen LogP contribution is -2.27. The van der Waals surface area contributed by atoms with Crippen LogP contribution in [0.2, 0.25) is 0 Å². The zero-order chi connectivity index (χ0) is 13.8. The van der Waals surface area contributed by atoms with E-state index >= 15 is 0 Å². The van der Waals surface area contributed by atoms with Gasteiger partial charge >= 0.3 is 0 Å². The number of hydrogen-bond acceptors (Lipinski definition) is 6. The maximum Gasteiger partial charge on any atom is 0.265 e. The summed E-state index contributed by atoms with van der Waals surface area (Å²) in [5.41, 5.74) is 6.78. The fourth-order valence-corrected chi connectivity index (χ4v) is 2.31. The molecular weight excluding hydrogens is 264 g/mol. The largest absolute Gasteiger partial charge is 0.382 e. The first kappa shape index (κ1) is 13.3. The van der Waals surface area contributed by atoms with E-state index in [9.17, 15) is 4.79 Å². The fourth-order valence-electron chi connectivity index (χ4n) is 1.56. The van der Waals surface area contributed by atoms with Crippen LogP contribution in [0.25, 0.3) is 0 Å². The Morgan fingerprint density at radius 1 is 1.58 bits per heavy atom. The van der Waals surface area contributed by atoms with Crippen LogP contribution >= 0.6 is 11.3 Å². The molecule has 0 atom stereocenters. The van der Waals surface area contributed by atoms with E-state index < -0.39 is 0 Å². The third kappa shape index (κ3) is 3.22. The van der Waals surface area contributed by atoms with E-state index in [0.717, 1.165) is 5.56 Å². The van der Waals surface area contributed by atoms with Crippen LogP contribution in [0.1, 0.15) is 15.2 Å². The molecule has 0 saturated heterocycles. The first-order chi connectivity index (χ1) is 9.10. The van der Waals surface area contributed by atoms with Crippen molar-refractivity contribution in [2.75, 3.05) is 24.6 Å². The molecule has 2 rings (SSSR count). The second-order valence-electron chi connectivity index (χ2n) is 4.02. The highest BCUT2D eigenvalue weighted by atomic mass is 32.1. The van der Waals surface area contributed by atoms with E-state index in [4.69, 9.17) is 5.73 Å². The molecule has 0 unspecified atom stereocenters. The highest BCUT2D eigenvalue weighted by molar-refractivity contribution is 7.18. The van der Waals surface area contributed by atoms with Gasteiger partial charge in [0, 0.05) is 19.8 Å². The molecule has 0 spiro atoms. The Morgan fingerprint density at radius 3 is 2.95 bits per heavy atom. The molecule has 102 valence electrons. The van der Waals surface area contributed by atoms with E-state index in [1.165, 1.54) is 11.3 Å². The van der Waals surface area contributed by atoms with Gasteiger partial charge in [-0.1, -0.05) is 11.3 Å². The summed E-state index contributed by atoms with van der Waals surface area (Å²) in [5.74, 6) is 0.0437. The van der Waals surface area contributed by atoms with Crippen LogP contribution < -0.4 is 16.4 Å². The maximum atomic E-state index is 11.9. The molecule has 0 fully saturated rings. The summed E-state index contributed by atoms with van der Waals surface area (Å²) in [5, 5.41) is 10.4. The van der Waals surface area contributed by atoms with Crippen molar-refractivity contribution in [3.05, 3.63) is 22.8 Å². The number of nitrogen functional groups attached to an aromatic ring is 1. The Hall–Kier alpha value is -2.09. The number of thiazole rings is 1. The van der Waals surface area contributed by atoms with E-state index in [-0.39, 0.29) is 11.7 Å². The van der Waals surface area contributed by atoms with Gasteiger partial charge in [0.05, 0.1) is 12.7 Å². The number of hydrogen-bond donors (Lipinski definition) is 3. The van der Waals surface area contributed by atoms with E-state index in [1.54, 1.807) is 17.9 Å². The Kier molecular flexibility index (Phi) is 4.00. The summed E-state index contributed by atoms with van der Waals surface area (Å²) in [6.45, 7) is 3.09. The van der Waals surface area contributed by atoms with Gasteiger partial charge in [-0.2, -0.15) is 5.10 Å². The van der Waals surface area contributed by atoms with Crippen LogP contribution in [-0.4, -0.2) is 34.3 Å². The third-order valence-corrected chi connectivity index (χ3v) is 3.55. The number of nitrogens with two attached hydrogens (primary N) is 1. The number of rotatable bonds is 5. The quantitative estimate of drug-likeness (QED) is 0.749. The SMILES string of the molecule is CNc1nc(N)c(C(=O)NCCn2cc(C)cn2)s1. The van der Waals surface area contributed by atoms with E-state index in [2.05, 4.69) is 20.7 Å². The van der Waals surface area contributed by atoms with Crippen LogP contribution in [0.3, 0.4) is 0 Å². The molecule has 0 aliphatic heterocycles. The highest BCUT2D eigenvalue weighted by Crippen LogP contribution is 2.23. The minimum absolute atomic E-state index is 0.208. The lowest BCUT2D eigenvalue weighted by atomic mass is 10.4. The molecule has 7 nitrogen and oxygen atoms in total. The van der Waals surface area contributed by atoms with Crippen molar-refractivity contribution in [2.24, 2.45) is 0 Å². The molecule has 2 aromatic rings. The minimum Gasteiger partial charge on any atom is -0.382 e. The van der Waals surface area contributed by atoms with Crippen LogP contribution in [0.5, 0.6) is 0 Å². The molecule has 0 radical (unpaired) electrons. The lowest BCUT2D eigenvalue weighted by molar-refractivity contribution is 0.0956. The van der Waals surface area contributed by atoms with E-state index in [1.807, 2.05) is 13.1 Å². The summed E-state index contributed by atoms with van der Waals surface area (Å²) < 4.78 is 1.78. The van der Waals surface area contributed by atoms with Crippen molar-refractivity contribution < 1.29 is 4.79 Å². The van der Waals surface area contributed by atoms with Gasteiger partial charge in [0.15, 0.2) is 5.13 Å². The number of anilines is 2. The molecule has 0 aliphatic carbocycles. The minimum atomic E-state index is -0.208. The number of nitrogens with one attached hydrogen (secondary N) is 2. The number of aromatic nitrogens is 3. The van der Waals surface area contributed by atoms with Crippen LogP contribution in [0.4, 0.5) is 10.9 Å². The van der Waals surface area contributed by atoms with Gasteiger partial charge in [-0.15, -0.1) is 0 Å². The number of amides is 1. The molecule has 0 bridgehead atoms. The Bertz CT molecular complexity index is 576. The summed E-state index contributed by atoms with van der Waals surface area (Å²) >= 11 is 1.24. The topological polar surface area (TPSA) is 97.9 Å². The molecular formula is C11H16N6OS. The second kappa shape index (κ2) is 5.70. The Balaban J connectivity index is 1.88. The van der Waals surface area contributed by atoms with Crippen molar-refractivity contribution in [2.45, 2.75) is 13.5 Å². The van der Waals surface area contributed by atoms with Crippen LogP contribution in [-0.2, 0) is 6.54 Å². The summed E-state index contributed by atoms with van der Waals surface area (Å²) in [7, 11) is 1.74. The number of aryl methyl sites for hydroxylation is 1. The van der Waals surface area contributed by atoms with Gasteiger partial charge in [0.25, 0.3) is 5.91 Å². The zero-order valence-electron chi connectivity index (χ0n) is 10.8. The molecule has 1 amide bonds. The predicted molar refractivity (Wildman–Crippen MR) is 75.4 cm³/mol. The number of carbonyl (C=O) groups is 1. The van der Waals surface area contributed by atoms with Crippen molar-refractivity contribution in [1.29, 1.82) is 0 Å². The van der Waals surface area contributed by atoms with Gasteiger partial charge in [-0.3, -0.25) is 9.48 Å². The van der Waals surface area contributed by atoms with Crippen LogP contribution in [0.15, 0.2) is 12.4 Å². The summed E-state index contributed by atoms with van der Waals surface area (Å²) in [4.78, 5) is 16.4. The number of carbonyl (C=O) groups excluding carboxylic acids is 1. The normalized spacial score (nSPS) is 10.4. The first-order valence-corrected chi connectivity index (χ1v) is 6.63. The molecule has 8 heteroatoms. The van der Waals surface area contributed by atoms with Crippen molar-refractivity contribution in [1.82, 2.24) is 20.1 Å². The van der Waals surface area contributed by atoms with Gasteiger partial charge < -0.3 is 16.4 Å². The van der Waals surface area contributed by atoms with Gasteiger partial charge in [-0.25, -0.2) is 4.98 Å².